The Bertz CT molecular complexity index is 697. The van der Waals surface area contributed by atoms with Gasteiger partial charge in [-0.1, -0.05) is 36.4 Å². The number of carbonyl (C=O) groups excluding carboxylic acids is 1. The van der Waals surface area contributed by atoms with E-state index in [1.165, 1.54) is 6.21 Å². The van der Waals surface area contributed by atoms with Crippen LogP contribution in [-0.4, -0.2) is 23.8 Å². The summed E-state index contributed by atoms with van der Waals surface area (Å²) in [6.45, 7) is 3.51. The van der Waals surface area contributed by atoms with Crippen LogP contribution < -0.4 is 10.2 Å². The summed E-state index contributed by atoms with van der Waals surface area (Å²) in [5.41, 5.74) is 3.63. The Labute approximate surface area is 134 Å². The highest BCUT2D eigenvalue weighted by Crippen LogP contribution is 2.21. The maximum Gasteiger partial charge on any atom is 0.277 e. The normalized spacial score (nSPS) is 10.4. The summed E-state index contributed by atoms with van der Waals surface area (Å²) in [5.74, 6) is 0.360. The van der Waals surface area contributed by atoms with Gasteiger partial charge in [0.15, 0.2) is 6.61 Å². The first kappa shape index (κ1) is 16.3. The fraction of sp³-hybridized carbons (Fsp3) is 0.111. The van der Waals surface area contributed by atoms with Crippen LogP contribution in [0.15, 0.2) is 66.3 Å². The fourth-order valence-corrected chi connectivity index (χ4v) is 1.91. The van der Waals surface area contributed by atoms with Crippen LogP contribution >= 0.6 is 0 Å². The molecule has 0 aliphatic heterocycles. The van der Waals surface area contributed by atoms with Crippen molar-refractivity contribution >= 4 is 12.1 Å². The van der Waals surface area contributed by atoms with Crippen molar-refractivity contribution in [3.05, 3.63) is 72.3 Å². The van der Waals surface area contributed by atoms with E-state index in [0.717, 1.165) is 5.56 Å². The Morgan fingerprint density at radius 3 is 2.74 bits per heavy atom. The molecule has 5 nitrogen and oxygen atoms in total. The second kappa shape index (κ2) is 8.38. The standard InChI is InChI=1S/C18H18N2O3/c1-2-7-14-8-6-9-15(18(14)22)12-19-20-17(21)13-23-16-10-4-3-5-11-16/h2-6,8-12,22H,1,7,13H2,(H,20,21)/b19-12-. The summed E-state index contributed by atoms with van der Waals surface area (Å²) in [7, 11) is 0. The van der Waals surface area contributed by atoms with Gasteiger partial charge in [0, 0.05) is 5.56 Å². The molecule has 2 aromatic rings. The van der Waals surface area contributed by atoms with Crippen LogP contribution in [0, 0.1) is 0 Å². The first-order valence-corrected chi connectivity index (χ1v) is 7.12. The molecule has 2 rings (SSSR count). The number of nitrogens with one attached hydrogen (secondary N) is 1. The monoisotopic (exact) mass is 310 g/mol. The second-order valence-corrected chi connectivity index (χ2v) is 4.74. The summed E-state index contributed by atoms with van der Waals surface area (Å²) in [5, 5.41) is 13.9. The van der Waals surface area contributed by atoms with Crippen LogP contribution in [0.3, 0.4) is 0 Å². The Morgan fingerprint density at radius 1 is 1.22 bits per heavy atom. The van der Waals surface area contributed by atoms with E-state index in [1.54, 1.807) is 36.4 Å². The third-order valence-corrected chi connectivity index (χ3v) is 3.02. The minimum absolute atomic E-state index is 0.130. The molecule has 0 heterocycles. The van der Waals surface area contributed by atoms with Gasteiger partial charge in [0.25, 0.3) is 5.91 Å². The smallest absolute Gasteiger partial charge is 0.277 e. The molecule has 0 atom stereocenters. The molecular formula is C18H18N2O3. The lowest BCUT2D eigenvalue weighted by Gasteiger charge is -2.05. The number of ether oxygens (including phenoxy) is 1. The predicted octanol–water partition coefficient (Wildman–Crippen LogP) is 2.65. The predicted molar refractivity (Wildman–Crippen MR) is 89.7 cm³/mol. The Balaban J connectivity index is 1.87. The van der Waals surface area contributed by atoms with Crippen LogP contribution in [0.5, 0.6) is 11.5 Å². The van der Waals surface area contributed by atoms with E-state index >= 15 is 0 Å². The van der Waals surface area contributed by atoms with Gasteiger partial charge in [-0.2, -0.15) is 5.10 Å². The molecule has 0 spiro atoms. The first-order chi connectivity index (χ1) is 11.2. The van der Waals surface area contributed by atoms with Gasteiger partial charge in [0.2, 0.25) is 0 Å². The molecule has 23 heavy (non-hydrogen) atoms. The van der Waals surface area contributed by atoms with Crippen molar-refractivity contribution in [2.45, 2.75) is 6.42 Å². The number of amides is 1. The third kappa shape index (κ3) is 5.00. The molecule has 0 unspecified atom stereocenters. The van der Waals surface area contributed by atoms with Crippen molar-refractivity contribution in [2.75, 3.05) is 6.61 Å². The molecule has 0 saturated carbocycles. The number of benzene rings is 2. The van der Waals surface area contributed by atoms with Crippen LogP contribution in [0.2, 0.25) is 0 Å². The summed E-state index contributed by atoms with van der Waals surface area (Å²) < 4.78 is 5.30. The molecule has 2 aromatic carbocycles. The number of hydrogen-bond acceptors (Lipinski definition) is 4. The van der Waals surface area contributed by atoms with E-state index in [4.69, 9.17) is 4.74 Å². The molecule has 0 aliphatic rings. The number of hydrazone groups is 1. The summed E-state index contributed by atoms with van der Waals surface area (Å²) in [4.78, 5) is 11.6. The fourth-order valence-electron chi connectivity index (χ4n) is 1.91. The molecular weight excluding hydrogens is 292 g/mol. The van der Waals surface area contributed by atoms with Gasteiger partial charge in [0.1, 0.15) is 11.5 Å². The molecule has 118 valence electrons. The van der Waals surface area contributed by atoms with E-state index in [1.807, 2.05) is 18.2 Å². The summed E-state index contributed by atoms with van der Waals surface area (Å²) in [6, 6.07) is 14.4. The van der Waals surface area contributed by atoms with Crippen LogP contribution in [0.1, 0.15) is 11.1 Å². The van der Waals surface area contributed by atoms with Crippen molar-refractivity contribution in [2.24, 2.45) is 5.10 Å². The number of phenolic OH excluding ortho intramolecular Hbond substituents is 1. The van der Waals surface area contributed by atoms with Crippen molar-refractivity contribution in [1.82, 2.24) is 5.43 Å². The molecule has 0 aliphatic carbocycles. The molecule has 0 aromatic heterocycles. The molecule has 2 N–H and O–H groups in total. The van der Waals surface area contributed by atoms with Crippen LogP contribution in [0.4, 0.5) is 0 Å². The number of nitrogens with zero attached hydrogens (tertiary/aromatic N) is 1. The first-order valence-electron chi connectivity index (χ1n) is 7.12. The molecule has 0 saturated heterocycles. The van der Waals surface area contributed by atoms with E-state index in [2.05, 4.69) is 17.1 Å². The lowest BCUT2D eigenvalue weighted by atomic mass is 10.1. The molecule has 0 fully saturated rings. The van der Waals surface area contributed by atoms with Crippen molar-refractivity contribution in [3.8, 4) is 11.5 Å². The Hall–Kier alpha value is -3.08. The van der Waals surface area contributed by atoms with E-state index in [-0.39, 0.29) is 18.3 Å². The number of aromatic hydroxyl groups is 1. The number of para-hydroxylation sites is 2. The average molecular weight is 310 g/mol. The number of rotatable bonds is 7. The van der Waals surface area contributed by atoms with E-state index in [9.17, 15) is 9.90 Å². The Kier molecular flexibility index (Phi) is 5.94. The zero-order valence-corrected chi connectivity index (χ0v) is 12.6. The SMILES string of the molecule is C=CCc1cccc(/C=N\NC(=O)COc2ccccc2)c1O. The molecule has 0 bridgehead atoms. The van der Waals surface area contributed by atoms with Crippen molar-refractivity contribution in [1.29, 1.82) is 0 Å². The zero-order valence-electron chi connectivity index (χ0n) is 12.6. The van der Waals surface area contributed by atoms with Gasteiger partial charge in [0.05, 0.1) is 6.21 Å². The highest BCUT2D eigenvalue weighted by molar-refractivity contribution is 5.86. The minimum Gasteiger partial charge on any atom is -0.507 e. The third-order valence-electron chi connectivity index (χ3n) is 3.02. The second-order valence-electron chi connectivity index (χ2n) is 4.74. The number of allylic oxidation sites excluding steroid dienone is 1. The van der Waals surface area contributed by atoms with Crippen molar-refractivity contribution in [3.63, 3.8) is 0 Å². The largest absolute Gasteiger partial charge is 0.507 e. The van der Waals surface area contributed by atoms with Gasteiger partial charge in [-0.05, 0) is 30.2 Å². The number of hydrogen-bond donors (Lipinski definition) is 2. The lowest BCUT2D eigenvalue weighted by molar-refractivity contribution is -0.123. The number of phenols is 1. The zero-order chi connectivity index (χ0) is 16.5. The molecule has 1 amide bonds. The average Bonchev–Trinajstić information content (AvgIpc) is 2.57. The van der Waals surface area contributed by atoms with E-state index in [0.29, 0.717) is 17.7 Å². The summed E-state index contributed by atoms with van der Waals surface area (Å²) in [6.07, 6.45) is 3.66. The quantitative estimate of drug-likeness (QED) is 0.469. The summed E-state index contributed by atoms with van der Waals surface area (Å²) >= 11 is 0. The van der Waals surface area contributed by atoms with Gasteiger partial charge < -0.3 is 9.84 Å². The lowest BCUT2D eigenvalue weighted by Crippen LogP contribution is -2.24. The molecule has 0 radical (unpaired) electrons. The maximum atomic E-state index is 11.6. The van der Waals surface area contributed by atoms with E-state index < -0.39 is 0 Å². The topological polar surface area (TPSA) is 70.9 Å². The van der Waals surface area contributed by atoms with Gasteiger partial charge >= 0.3 is 0 Å². The van der Waals surface area contributed by atoms with Gasteiger partial charge in [-0.15, -0.1) is 6.58 Å². The van der Waals surface area contributed by atoms with Gasteiger partial charge in [-0.3, -0.25) is 4.79 Å². The Morgan fingerprint density at radius 2 is 2.00 bits per heavy atom. The highest BCUT2D eigenvalue weighted by atomic mass is 16.5. The number of carbonyl (C=O) groups is 1. The van der Waals surface area contributed by atoms with Crippen molar-refractivity contribution < 1.29 is 14.6 Å². The van der Waals surface area contributed by atoms with Crippen LogP contribution in [0.25, 0.3) is 0 Å². The maximum absolute atomic E-state index is 11.6. The highest BCUT2D eigenvalue weighted by Gasteiger charge is 2.04. The minimum atomic E-state index is -0.383. The van der Waals surface area contributed by atoms with Gasteiger partial charge in [-0.25, -0.2) is 5.43 Å². The molecule has 5 heteroatoms. The van der Waals surface area contributed by atoms with Crippen LogP contribution in [-0.2, 0) is 11.2 Å².